The van der Waals surface area contributed by atoms with Crippen molar-refractivity contribution in [2.45, 2.75) is 18.5 Å². The number of rotatable bonds is 6. The minimum Gasteiger partial charge on any atom is -0.496 e. The summed E-state index contributed by atoms with van der Waals surface area (Å²) in [5, 5.41) is 3.25. The third kappa shape index (κ3) is 3.72. The summed E-state index contributed by atoms with van der Waals surface area (Å²) in [6.07, 6.45) is 0.708. The largest absolute Gasteiger partial charge is 0.496 e. The van der Waals surface area contributed by atoms with Crippen LogP contribution in [-0.2, 0) is 0 Å². The molecule has 7 nitrogen and oxygen atoms in total. The highest BCUT2D eigenvalue weighted by atomic mass is 16.5. The molecule has 27 heavy (non-hydrogen) atoms. The summed E-state index contributed by atoms with van der Waals surface area (Å²) in [6, 6.07) is 11.5. The van der Waals surface area contributed by atoms with Crippen LogP contribution < -0.4 is 30.0 Å². The molecule has 144 valence electrons. The van der Waals surface area contributed by atoms with Crippen molar-refractivity contribution in [3.05, 3.63) is 47.5 Å². The molecule has 0 spiro atoms. The second-order valence-electron chi connectivity index (χ2n) is 6.16. The zero-order valence-electron chi connectivity index (χ0n) is 16.0. The number of hydrogen-bond acceptors (Lipinski definition) is 7. The van der Waals surface area contributed by atoms with E-state index in [0.717, 1.165) is 16.9 Å². The molecule has 2 aromatic rings. The minimum absolute atomic E-state index is 0.0252. The first-order valence-electron chi connectivity index (χ1n) is 8.63. The van der Waals surface area contributed by atoms with Crippen LogP contribution in [0, 0.1) is 0 Å². The quantitative estimate of drug-likeness (QED) is 0.812. The summed E-state index contributed by atoms with van der Waals surface area (Å²) in [5.74, 6) is 2.93. The van der Waals surface area contributed by atoms with Crippen LogP contribution in [0.5, 0.6) is 23.0 Å². The molecule has 0 saturated carbocycles. The van der Waals surface area contributed by atoms with Crippen molar-refractivity contribution in [1.29, 1.82) is 0 Å². The summed E-state index contributed by atoms with van der Waals surface area (Å²) in [6.45, 7) is 0. The van der Waals surface area contributed by atoms with E-state index in [0.29, 0.717) is 29.6 Å². The van der Waals surface area contributed by atoms with Crippen LogP contribution in [0.4, 0.5) is 0 Å². The number of guanidine groups is 1. The Hall–Kier alpha value is -3.09. The SMILES string of the molecule is COc1ccccc1C1CC(c2cc(OC)c(OC)c(OC)c2)N=C(N)N1. The lowest BCUT2D eigenvalue weighted by atomic mass is 9.93. The van der Waals surface area contributed by atoms with Crippen LogP contribution in [0.3, 0.4) is 0 Å². The van der Waals surface area contributed by atoms with Crippen molar-refractivity contribution in [2.75, 3.05) is 28.4 Å². The molecule has 0 aromatic heterocycles. The Morgan fingerprint density at radius 3 is 2.15 bits per heavy atom. The maximum absolute atomic E-state index is 6.09. The minimum atomic E-state index is -0.158. The van der Waals surface area contributed by atoms with E-state index in [4.69, 9.17) is 24.7 Å². The fraction of sp³-hybridized carbons (Fsp3) is 0.350. The fourth-order valence-corrected chi connectivity index (χ4v) is 3.38. The van der Waals surface area contributed by atoms with Crippen molar-refractivity contribution < 1.29 is 18.9 Å². The molecule has 2 aromatic carbocycles. The molecule has 0 fully saturated rings. The molecular weight excluding hydrogens is 346 g/mol. The zero-order valence-corrected chi connectivity index (χ0v) is 16.0. The lowest BCUT2D eigenvalue weighted by Crippen LogP contribution is -2.39. The molecule has 0 amide bonds. The van der Waals surface area contributed by atoms with E-state index >= 15 is 0 Å². The molecule has 7 heteroatoms. The molecule has 1 heterocycles. The van der Waals surface area contributed by atoms with E-state index in [1.165, 1.54) is 0 Å². The second-order valence-corrected chi connectivity index (χ2v) is 6.16. The standard InChI is InChI=1S/C20H25N3O4/c1-24-16-8-6-5-7-13(16)15-11-14(22-20(21)23-15)12-9-17(25-2)19(27-4)18(10-12)26-3/h5-10,14-15H,11H2,1-4H3,(H3,21,22,23). The average Bonchev–Trinajstić information content (AvgIpc) is 2.71. The Kier molecular flexibility index (Phi) is 5.59. The third-order valence-corrected chi connectivity index (χ3v) is 4.66. The van der Waals surface area contributed by atoms with Crippen molar-refractivity contribution in [3.8, 4) is 23.0 Å². The van der Waals surface area contributed by atoms with Gasteiger partial charge in [0.05, 0.1) is 40.5 Å². The third-order valence-electron chi connectivity index (χ3n) is 4.66. The number of ether oxygens (including phenoxy) is 4. The van der Waals surface area contributed by atoms with Gasteiger partial charge in [0.25, 0.3) is 0 Å². The van der Waals surface area contributed by atoms with Gasteiger partial charge in [0, 0.05) is 5.56 Å². The van der Waals surface area contributed by atoms with Gasteiger partial charge in [0.2, 0.25) is 5.75 Å². The fourth-order valence-electron chi connectivity index (χ4n) is 3.38. The Bertz CT molecular complexity index is 813. The molecule has 2 atom stereocenters. The van der Waals surface area contributed by atoms with Gasteiger partial charge in [-0.25, -0.2) is 4.99 Å². The predicted molar refractivity (Wildman–Crippen MR) is 104 cm³/mol. The van der Waals surface area contributed by atoms with Gasteiger partial charge in [-0.15, -0.1) is 0 Å². The average molecular weight is 371 g/mol. The van der Waals surface area contributed by atoms with Gasteiger partial charge in [-0.05, 0) is 30.2 Å². The van der Waals surface area contributed by atoms with Crippen molar-refractivity contribution in [3.63, 3.8) is 0 Å². The maximum atomic E-state index is 6.09. The molecule has 0 radical (unpaired) electrons. The molecule has 1 aliphatic rings. The predicted octanol–water partition coefficient (Wildman–Crippen LogP) is 2.81. The molecule has 0 aliphatic carbocycles. The van der Waals surface area contributed by atoms with Crippen molar-refractivity contribution >= 4 is 5.96 Å². The second kappa shape index (κ2) is 8.07. The van der Waals surface area contributed by atoms with Crippen molar-refractivity contribution in [1.82, 2.24) is 5.32 Å². The Morgan fingerprint density at radius 1 is 0.926 bits per heavy atom. The summed E-state index contributed by atoms with van der Waals surface area (Å²) >= 11 is 0. The summed E-state index contributed by atoms with van der Waals surface area (Å²) in [7, 11) is 6.44. The van der Waals surface area contributed by atoms with E-state index in [1.54, 1.807) is 28.4 Å². The molecular formula is C20H25N3O4. The van der Waals surface area contributed by atoms with Crippen LogP contribution in [0.2, 0.25) is 0 Å². The molecule has 2 unspecified atom stereocenters. The lowest BCUT2D eigenvalue weighted by molar-refractivity contribution is 0.323. The highest BCUT2D eigenvalue weighted by Gasteiger charge is 2.28. The van der Waals surface area contributed by atoms with Gasteiger partial charge in [0.1, 0.15) is 5.75 Å². The summed E-state index contributed by atoms with van der Waals surface area (Å²) < 4.78 is 21.8. The number of methoxy groups -OCH3 is 4. The Labute approximate surface area is 159 Å². The molecule has 0 saturated heterocycles. The number of para-hydroxylation sites is 1. The van der Waals surface area contributed by atoms with Crippen LogP contribution in [0.15, 0.2) is 41.4 Å². The number of benzene rings is 2. The van der Waals surface area contributed by atoms with E-state index in [1.807, 2.05) is 36.4 Å². The molecule has 1 aliphatic heterocycles. The molecule has 3 N–H and O–H groups in total. The van der Waals surface area contributed by atoms with E-state index in [-0.39, 0.29) is 12.1 Å². The van der Waals surface area contributed by atoms with Crippen LogP contribution in [0.1, 0.15) is 29.6 Å². The number of hydrogen-bond donors (Lipinski definition) is 2. The van der Waals surface area contributed by atoms with Crippen molar-refractivity contribution in [2.24, 2.45) is 10.7 Å². The highest BCUT2D eigenvalue weighted by Crippen LogP contribution is 2.43. The van der Waals surface area contributed by atoms with E-state index in [9.17, 15) is 0 Å². The smallest absolute Gasteiger partial charge is 0.203 e. The van der Waals surface area contributed by atoms with Gasteiger partial charge in [-0.2, -0.15) is 0 Å². The first-order chi connectivity index (χ1) is 13.1. The Morgan fingerprint density at radius 2 is 1.56 bits per heavy atom. The van der Waals surface area contributed by atoms with Gasteiger partial charge in [-0.3, -0.25) is 0 Å². The number of nitrogens with two attached hydrogens (primary N) is 1. The van der Waals surface area contributed by atoms with E-state index in [2.05, 4.69) is 10.3 Å². The number of aliphatic imine (C=N–C) groups is 1. The number of nitrogens with one attached hydrogen (secondary N) is 1. The molecule has 0 bridgehead atoms. The zero-order chi connectivity index (χ0) is 19.4. The highest BCUT2D eigenvalue weighted by molar-refractivity contribution is 5.79. The van der Waals surface area contributed by atoms with Crippen LogP contribution in [-0.4, -0.2) is 34.4 Å². The van der Waals surface area contributed by atoms with Crippen LogP contribution in [0.25, 0.3) is 0 Å². The van der Waals surface area contributed by atoms with Gasteiger partial charge >= 0.3 is 0 Å². The first kappa shape index (κ1) is 18.7. The Balaban J connectivity index is 1.98. The summed E-state index contributed by atoms with van der Waals surface area (Å²) in [4.78, 5) is 4.58. The maximum Gasteiger partial charge on any atom is 0.203 e. The van der Waals surface area contributed by atoms with Crippen LogP contribution >= 0.6 is 0 Å². The monoisotopic (exact) mass is 371 g/mol. The molecule has 3 rings (SSSR count). The lowest BCUT2D eigenvalue weighted by Gasteiger charge is -2.30. The van der Waals surface area contributed by atoms with Gasteiger partial charge < -0.3 is 30.0 Å². The van der Waals surface area contributed by atoms with Gasteiger partial charge in [-0.1, -0.05) is 18.2 Å². The normalized spacial score (nSPS) is 18.9. The first-order valence-corrected chi connectivity index (χ1v) is 8.63. The summed E-state index contributed by atoms with van der Waals surface area (Å²) in [5.41, 5.74) is 8.07. The van der Waals surface area contributed by atoms with E-state index < -0.39 is 0 Å². The topological polar surface area (TPSA) is 87.3 Å². The number of nitrogens with zero attached hydrogens (tertiary/aromatic N) is 1. The van der Waals surface area contributed by atoms with Gasteiger partial charge in [0.15, 0.2) is 17.5 Å².